The zero-order valence-corrected chi connectivity index (χ0v) is 35.8. The molecule has 0 radical (unpaired) electrons. The minimum absolute atomic E-state index is 0.0350. The number of fused-ring (bicyclic) bond motifs is 2. The van der Waals surface area contributed by atoms with Gasteiger partial charge in [-0.1, -0.05) is 6.07 Å². The molecule has 0 unspecified atom stereocenters. The molecule has 4 aliphatic heterocycles. The molecule has 0 spiro atoms. The lowest BCUT2D eigenvalue weighted by Gasteiger charge is -2.39. The van der Waals surface area contributed by atoms with E-state index in [1.807, 2.05) is 53.1 Å². The van der Waals surface area contributed by atoms with Gasteiger partial charge in [-0.25, -0.2) is 4.79 Å². The number of urea groups is 1. The number of amides is 5. The number of benzene rings is 1. The Bertz CT molecular complexity index is 2160. The van der Waals surface area contributed by atoms with Gasteiger partial charge < -0.3 is 40.0 Å². The fourth-order valence-corrected chi connectivity index (χ4v) is 9.57. The van der Waals surface area contributed by atoms with Gasteiger partial charge in [-0.3, -0.25) is 29.5 Å². The standard InChI is InChI=1S/C45H60N12O4/c1-31-25-33(26-34-30-48-51-42(31)34)28-38(50-45(61)56-17-10-36(11-18-56)57-40-5-4-12-47-37(40)29-41(57)58)43(59)49-39(27-32-8-15-53(16-9-32)20-19-52(2)3)44(60)55-23-21-54(22-24-55)35-6-13-46-14-7-35/h4-7,12-14,25-26,30,32,36,38-39H,8-11,15-24,27-29H2,1-3H3,(H,48,51)(H,49,59)(H,50,61)/t38-,39+/m1/s1. The first kappa shape index (κ1) is 42.1. The second-order valence-electron chi connectivity index (χ2n) is 17.5. The van der Waals surface area contributed by atoms with Crippen LogP contribution < -0.4 is 20.4 Å². The van der Waals surface area contributed by atoms with Crippen LogP contribution in [0, 0.1) is 12.8 Å². The lowest BCUT2D eigenvalue weighted by Crippen LogP contribution is -2.59. The number of aromatic amines is 1. The molecule has 5 amide bonds. The van der Waals surface area contributed by atoms with Gasteiger partial charge in [0.15, 0.2) is 0 Å². The molecule has 16 heteroatoms. The number of anilines is 2. The predicted octanol–water partition coefficient (Wildman–Crippen LogP) is 2.83. The number of nitrogens with one attached hydrogen (secondary N) is 3. The monoisotopic (exact) mass is 832 g/mol. The number of hydrogen-bond acceptors (Lipinski definition) is 10. The Hall–Kier alpha value is -5.61. The van der Waals surface area contributed by atoms with Crippen molar-refractivity contribution in [1.29, 1.82) is 0 Å². The molecule has 16 nitrogen and oxygen atoms in total. The predicted molar refractivity (Wildman–Crippen MR) is 234 cm³/mol. The van der Waals surface area contributed by atoms with E-state index in [-0.39, 0.29) is 42.1 Å². The average Bonchev–Trinajstić information content (AvgIpc) is 3.90. The van der Waals surface area contributed by atoms with E-state index in [1.54, 1.807) is 29.7 Å². The molecule has 3 fully saturated rings. The van der Waals surface area contributed by atoms with Crippen molar-refractivity contribution >= 4 is 46.0 Å². The molecule has 4 aliphatic rings. The number of nitrogens with zero attached hydrogens (tertiary/aromatic N) is 9. The number of aromatic nitrogens is 4. The maximum atomic E-state index is 14.7. The van der Waals surface area contributed by atoms with Crippen LogP contribution in [0.4, 0.5) is 16.2 Å². The van der Waals surface area contributed by atoms with Crippen molar-refractivity contribution < 1.29 is 19.2 Å². The highest BCUT2D eigenvalue weighted by molar-refractivity contribution is 6.01. The van der Waals surface area contributed by atoms with Crippen LogP contribution in [-0.2, 0) is 27.2 Å². The van der Waals surface area contributed by atoms with Crippen LogP contribution in [0.1, 0.15) is 48.9 Å². The topological polar surface area (TPSA) is 166 Å². The van der Waals surface area contributed by atoms with Gasteiger partial charge in [-0.2, -0.15) is 5.10 Å². The number of piperidine rings is 2. The smallest absolute Gasteiger partial charge is 0.318 e. The summed E-state index contributed by atoms with van der Waals surface area (Å²) < 4.78 is 0. The first-order chi connectivity index (χ1) is 29.6. The zero-order valence-electron chi connectivity index (χ0n) is 35.8. The lowest BCUT2D eigenvalue weighted by molar-refractivity contribution is -0.137. The summed E-state index contributed by atoms with van der Waals surface area (Å²) in [5.74, 6) is -0.146. The Morgan fingerprint density at radius 2 is 1.64 bits per heavy atom. The van der Waals surface area contributed by atoms with E-state index in [0.717, 1.165) is 78.1 Å². The van der Waals surface area contributed by atoms with Gasteiger partial charge in [0.05, 0.1) is 29.5 Å². The molecule has 8 rings (SSSR count). The Morgan fingerprint density at radius 3 is 2.38 bits per heavy atom. The maximum Gasteiger partial charge on any atom is 0.318 e. The molecule has 3 N–H and O–H groups in total. The lowest BCUT2D eigenvalue weighted by atomic mass is 9.89. The minimum atomic E-state index is -0.946. The zero-order chi connectivity index (χ0) is 42.5. The minimum Gasteiger partial charge on any atom is -0.368 e. The maximum absolute atomic E-state index is 14.7. The van der Waals surface area contributed by atoms with Crippen LogP contribution in [0.3, 0.4) is 0 Å². The second kappa shape index (κ2) is 19.0. The van der Waals surface area contributed by atoms with Crippen LogP contribution in [-0.4, -0.2) is 161 Å². The number of carbonyl (C=O) groups is 4. The van der Waals surface area contributed by atoms with Gasteiger partial charge in [-0.05, 0) is 114 Å². The number of carbonyl (C=O) groups excluding carboxylic acids is 4. The third-order valence-electron chi connectivity index (χ3n) is 13.1. The van der Waals surface area contributed by atoms with E-state index in [1.165, 1.54) is 0 Å². The summed E-state index contributed by atoms with van der Waals surface area (Å²) in [6.07, 6.45) is 11.2. The van der Waals surface area contributed by atoms with Crippen molar-refractivity contribution in [3.63, 3.8) is 0 Å². The second-order valence-corrected chi connectivity index (χ2v) is 17.5. The molecule has 3 aromatic heterocycles. The van der Waals surface area contributed by atoms with Crippen LogP contribution in [0.2, 0.25) is 0 Å². The highest BCUT2D eigenvalue weighted by Gasteiger charge is 2.38. The van der Waals surface area contributed by atoms with Gasteiger partial charge in [0.2, 0.25) is 17.7 Å². The Labute approximate surface area is 358 Å². The van der Waals surface area contributed by atoms with Crippen molar-refractivity contribution in [2.75, 3.05) is 89.3 Å². The number of hydrogen-bond donors (Lipinski definition) is 3. The molecule has 0 bridgehead atoms. The summed E-state index contributed by atoms with van der Waals surface area (Å²) in [6.45, 7) is 9.23. The molecule has 61 heavy (non-hydrogen) atoms. The fourth-order valence-electron chi connectivity index (χ4n) is 9.57. The average molecular weight is 833 g/mol. The van der Waals surface area contributed by atoms with E-state index >= 15 is 0 Å². The van der Waals surface area contributed by atoms with Gasteiger partial charge in [-0.15, -0.1) is 0 Å². The summed E-state index contributed by atoms with van der Waals surface area (Å²) in [5.41, 5.74) is 5.51. The van der Waals surface area contributed by atoms with Crippen LogP contribution in [0.5, 0.6) is 0 Å². The largest absolute Gasteiger partial charge is 0.368 e. The fraction of sp³-hybridized carbons (Fsp3) is 0.533. The van der Waals surface area contributed by atoms with Gasteiger partial charge in [0.1, 0.15) is 12.1 Å². The molecule has 0 aliphatic carbocycles. The van der Waals surface area contributed by atoms with Crippen LogP contribution >= 0.6 is 0 Å². The number of H-pyrrole nitrogens is 1. The van der Waals surface area contributed by atoms with E-state index in [9.17, 15) is 19.2 Å². The van der Waals surface area contributed by atoms with Crippen LogP contribution in [0.15, 0.2) is 61.2 Å². The van der Waals surface area contributed by atoms with Crippen molar-refractivity contribution in [3.05, 3.63) is 78.0 Å². The highest BCUT2D eigenvalue weighted by Crippen LogP contribution is 2.32. The first-order valence-electron chi connectivity index (χ1n) is 21.9. The molecular formula is C45H60N12O4. The highest BCUT2D eigenvalue weighted by atomic mass is 16.2. The molecule has 324 valence electrons. The Morgan fingerprint density at radius 1 is 0.885 bits per heavy atom. The van der Waals surface area contributed by atoms with E-state index in [4.69, 9.17) is 0 Å². The summed E-state index contributed by atoms with van der Waals surface area (Å²) in [7, 11) is 4.18. The van der Waals surface area contributed by atoms with E-state index in [2.05, 4.69) is 59.6 Å². The number of likely N-dealkylation sites (tertiary alicyclic amines) is 2. The molecule has 4 aromatic rings. The Balaban J connectivity index is 0.978. The number of pyridine rings is 2. The van der Waals surface area contributed by atoms with Gasteiger partial charge >= 0.3 is 6.03 Å². The number of aryl methyl sites for hydroxylation is 1. The molecule has 0 saturated carbocycles. The normalized spacial score (nSPS) is 19.0. The van der Waals surface area contributed by atoms with Gasteiger partial charge in [0, 0.05) is 94.5 Å². The molecule has 1 aromatic carbocycles. The molecule has 3 saturated heterocycles. The van der Waals surface area contributed by atoms with Crippen LogP contribution in [0.25, 0.3) is 10.9 Å². The van der Waals surface area contributed by atoms with Crippen molar-refractivity contribution in [1.82, 2.24) is 50.4 Å². The van der Waals surface area contributed by atoms with E-state index in [0.29, 0.717) is 65.0 Å². The third-order valence-corrected chi connectivity index (χ3v) is 13.1. The SMILES string of the molecule is Cc1cc(C[C@@H](NC(=O)N2CCC(N3C(=O)Cc4ncccc43)CC2)C(=O)N[C@@H](CC2CCN(CCN(C)C)CC2)C(=O)N2CCN(c3ccncc3)CC2)cc2cn[nH]c12. The number of likely N-dealkylation sites (N-methyl/N-ethyl adjacent to an activating group) is 1. The number of piperazine rings is 1. The van der Waals surface area contributed by atoms with Crippen molar-refractivity contribution in [2.24, 2.45) is 5.92 Å². The van der Waals surface area contributed by atoms with E-state index < -0.39 is 12.1 Å². The van der Waals surface area contributed by atoms with Gasteiger partial charge in [0.25, 0.3) is 0 Å². The summed E-state index contributed by atoms with van der Waals surface area (Å²) in [6, 6.07) is 9.72. The molecule has 2 atom stereocenters. The summed E-state index contributed by atoms with van der Waals surface area (Å²) in [5, 5.41) is 14.5. The summed E-state index contributed by atoms with van der Waals surface area (Å²) in [4.78, 5) is 77.4. The molecular weight excluding hydrogens is 773 g/mol. The third kappa shape index (κ3) is 9.97. The quantitative estimate of drug-likeness (QED) is 0.183. The molecule has 7 heterocycles. The summed E-state index contributed by atoms with van der Waals surface area (Å²) >= 11 is 0. The van der Waals surface area contributed by atoms with Crippen molar-refractivity contribution in [3.8, 4) is 0 Å². The number of rotatable bonds is 13. The Kier molecular flexibility index (Phi) is 13.1. The first-order valence-corrected chi connectivity index (χ1v) is 21.9. The van der Waals surface area contributed by atoms with Crippen molar-refractivity contribution in [2.45, 2.75) is 70.0 Å².